The topological polar surface area (TPSA) is 55.8 Å². The summed E-state index contributed by atoms with van der Waals surface area (Å²) < 4.78 is 0. The number of aliphatic hydroxyl groups excluding tert-OH is 1. The van der Waals surface area contributed by atoms with E-state index < -0.39 is 0 Å². The molecule has 1 aliphatic carbocycles. The minimum Gasteiger partial charge on any atom is -0.395 e. The number of halogens is 1. The first-order valence-corrected chi connectivity index (χ1v) is 11.3. The lowest BCUT2D eigenvalue weighted by Crippen LogP contribution is -2.70. The second kappa shape index (κ2) is 8.22. The van der Waals surface area contributed by atoms with E-state index in [0.29, 0.717) is 17.5 Å². The van der Waals surface area contributed by atoms with E-state index in [0.717, 1.165) is 17.9 Å². The normalized spacial score (nSPS) is 26.1. The first-order valence-electron chi connectivity index (χ1n) is 11.0. The van der Waals surface area contributed by atoms with Crippen LogP contribution in [0.4, 0.5) is 16.2 Å². The number of anilines is 2. The summed E-state index contributed by atoms with van der Waals surface area (Å²) in [6.45, 7) is 1.84. The number of carbonyl (C=O) groups excluding carboxylic acids is 1. The molecule has 30 heavy (non-hydrogen) atoms. The van der Waals surface area contributed by atoms with Crippen LogP contribution < -0.4 is 10.2 Å². The number of rotatable bonds is 4. The fourth-order valence-electron chi connectivity index (χ4n) is 5.64. The van der Waals surface area contributed by atoms with Crippen LogP contribution in [0, 0.1) is 5.92 Å². The number of hydrogen-bond donors (Lipinski definition) is 2. The largest absolute Gasteiger partial charge is 0.395 e. The average molecular weight is 426 g/mol. The molecule has 2 N–H and O–H groups in total. The van der Waals surface area contributed by atoms with Crippen molar-refractivity contribution in [1.29, 1.82) is 0 Å². The van der Waals surface area contributed by atoms with Crippen LogP contribution in [-0.2, 0) is 0 Å². The first kappa shape index (κ1) is 19.9. The van der Waals surface area contributed by atoms with Crippen molar-refractivity contribution in [3.63, 3.8) is 0 Å². The van der Waals surface area contributed by atoms with E-state index in [9.17, 15) is 9.90 Å². The Morgan fingerprint density at radius 3 is 2.57 bits per heavy atom. The summed E-state index contributed by atoms with van der Waals surface area (Å²) in [6, 6.07) is 15.6. The third-order valence-corrected chi connectivity index (χ3v) is 7.36. The highest BCUT2D eigenvalue weighted by atomic mass is 35.5. The minimum atomic E-state index is -0.128. The molecule has 0 radical (unpaired) electrons. The van der Waals surface area contributed by atoms with Gasteiger partial charge in [0.15, 0.2) is 0 Å². The van der Waals surface area contributed by atoms with Crippen molar-refractivity contribution in [2.75, 3.05) is 29.9 Å². The van der Waals surface area contributed by atoms with Gasteiger partial charge in [-0.1, -0.05) is 42.6 Å². The SMILES string of the molecule is O=C(Nc1ccc(Cl)cc1)N1C[C@@H]2[C@H](c3ccccc31)[C@H](CO)N2CC1CCCC1. The van der Waals surface area contributed by atoms with Gasteiger partial charge in [-0.05, 0) is 54.7 Å². The van der Waals surface area contributed by atoms with Crippen molar-refractivity contribution >= 4 is 29.0 Å². The highest BCUT2D eigenvalue weighted by Gasteiger charge is 2.53. The number of nitrogens with one attached hydrogen (secondary N) is 1. The maximum atomic E-state index is 13.2. The summed E-state index contributed by atoms with van der Waals surface area (Å²) in [4.78, 5) is 17.5. The molecule has 1 saturated heterocycles. The van der Waals surface area contributed by atoms with Gasteiger partial charge in [0.1, 0.15) is 0 Å². The van der Waals surface area contributed by atoms with Crippen LogP contribution in [-0.4, -0.2) is 47.8 Å². The van der Waals surface area contributed by atoms with Gasteiger partial charge in [0.05, 0.1) is 6.61 Å². The number of nitrogens with zero attached hydrogens (tertiary/aromatic N) is 2. The molecule has 0 bridgehead atoms. The molecule has 2 aromatic rings. The van der Waals surface area contributed by atoms with Crippen molar-refractivity contribution in [2.24, 2.45) is 5.92 Å². The summed E-state index contributed by atoms with van der Waals surface area (Å²) in [5, 5.41) is 13.8. The minimum absolute atomic E-state index is 0.128. The predicted molar refractivity (Wildman–Crippen MR) is 120 cm³/mol. The van der Waals surface area contributed by atoms with Gasteiger partial charge in [-0.2, -0.15) is 0 Å². The highest BCUT2D eigenvalue weighted by Crippen LogP contribution is 2.49. The number of urea groups is 1. The summed E-state index contributed by atoms with van der Waals surface area (Å²) in [7, 11) is 0. The molecular formula is C24H28ClN3O2. The standard InChI is InChI=1S/C24H28ClN3O2/c25-17-9-11-18(12-10-17)26-24(30)28-14-21-23(19-7-3-4-8-20(19)28)22(15-29)27(21)13-16-5-1-2-6-16/h3-4,7-12,16,21-23,29H,1-2,5-6,13-15H2,(H,26,30)/t21-,22+,23+/m1/s1. The van der Waals surface area contributed by atoms with E-state index in [1.165, 1.54) is 31.2 Å². The summed E-state index contributed by atoms with van der Waals surface area (Å²) >= 11 is 5.97. The highest BCUT2D eigenvalue weighted by molar-refractivity contribution is 6.30. The lowest BCUT2D eigenvalue weighted by molar-refractivity contribution is -0.0509. The van der Waals surface area contributed by atoms with E-state index in [1.807, 2.05) is 35.2 Å². The van der Waals surface area contributed by atoms with E-state index in [2.05, 4.69) is 16.3 Å². The van der Waals surface area contributed by atoms with Crippen molar-refractivity contribution < 1.29 is 9.90 Å². The molecule has 2 heterocycles. The van der Waals surface area contributed by atoms with Gasteiger partial charge in [0.25, 0.3) is 0 Å². The van der Waals surface area contributed by atoms with Crippen molar-refractivity contribution in [2.45, 2.75) is 43.7 Å². The molecule has 2 aliphatic heterocycles. The number of carbonyl (C=O) groups is 1. The number of amides is 2. The lowest BCUT2D eigenvalue weighted by atomic mass is 9.71. The number of likely N-dealkylation sites (tertiary alicyclic amines) is 1. The molecule has 2 fully saturated rings. The van der Waals surface area contributed by atoms with Gasteiger partial charge in [-0.15, -0.1) is 0 Å². The zero-order chi connectivity index (χ0) is 20.7. The third-order valence-electron chi connectivity index (χ3n) is 7.11. The number of aliphatic hydroxyl groups is 1. The van der Waals surface area contributed by atoms with Gasteiger partial charge >= 0.3 is 6.03 Å². The van der Waals surface area contributed by atoms with Crippen LogP contribution in [0.15, 0.2) is 48.5 Å². The van der Waals surface area contributed by atoms with E-state index in [4.69, 9.17) is 11.6 Å². The van der Waals surface area contributed by atoms with Crippen molar-refractivity contribution in [3.05, 3.63) is 59.1 Å². The van der Waals surface area contributed by atoms with Crippen LogP contribution in [0.25, 0.3) is 0 Å². The predicted octanol–water partition coefficient (Wildman–Crippen LogP) is 4.71. The molecule has 0 spiro atoms. The van der Waals surface area contributed by atoms with Crippen LogP contribution in [0.2, 0.25) is 5.02 Å². The van der Waals surface area contributed by atoms with Gasteiger partial charge in [-0.25, -0.2) is 4.79 Å². The Balaban J connectivity index is 1.40. The quantitative estimate of drug-likeness (QED) is 0.745. The second-order valence-electron chi connectivity index (χ2n) is 8.80. The summed E-state index contributed by atoms with van der Waals surface area (Å²) in [6.07, 6.45) is 5.19. The fraction of sp³-hybridized carbons (Fsp3) is 0.458. The molecule has 0 unspecified atom stereocenters. The molecule has 6 heteroatoms. The Kier molecular flexibility index (Phi) is 5.44. The van der Waals surface area contributed by atoms with Crippen LogP contribution in [0.5, 0.6) is 0 Å². The number of fused-ring (bicyclic) bond motifs is 3. The molecule has 158 valence electrons. The molecule has 1 saturated carbocycles. The third kappa shape index (κ3) is 3.49. The molecule has 0 aromatic heterocycles. The Labute approximate surface area is 182 Å². The summed E-state index contributed by atoms with van der Waals surface area (Å²) in [5.41, 5.74) is 2.85. The van der Waals surface area contributed by atoms with E-state index in [-0.39, 0.29) is 30.6 Å². The molecule has 2 amide bonds. The fourth-order valence-corrected chi connectivity index (χ4v) is 5.77. The van der Waals surface area contributed by atoms with Crippen LogP contribution >= 0.6 is 11.6 Å². The number of hydrogen-bond acceptors (Lipinski definition) is 3. The molecule has 5 rings (SSSR count). The van der Waals surface area contributed by atoms with E-state index >= 15 is 0 Å². The maximum absolute atomic E-state index is 13.2. The molecule has 3 aliphatic rings. The van der Waals surface area contributed by atoms with E-state index in [1.54, 1.807) is 12.1 Å². The Morgan fingerprint density at radius 2 is 1.83 bits per heavy atom. The smallest absolute Gasteiger partial charge is 0.326 e. The average Bonchev–Trinajstić information content (AvgIpc) is 3.27. The molecule has 5 nitrogen and oxygen atoms in total. The van der Waals surface area contributed by atoms with Crippen LogP contribution in [0.3, 0.4) is 0 Å². The zero-order valence-corrected chi connectivity index (χ0v) is 17.8. The Bertz CT molecular complexity index is 913. The molecular weight excluding hydrogens is 398 g/mol. The summed E-state index contributed by atoms with van der Waals surface area (Å²) in [5.74, 6) is 1.00. The Morgan fingerprint density at radius 1 is 1.10 bits per heavy atom. The van der Waals surface area contributed by atoms with Gasteiger partial charge in [0.2, 0.25) is 0 Å². The van der Waals surface area contributed by atoms with Crippen molar-refractivity contribution in [3.8, 4) is 0 Å². The molecule has 3 atom stereocenters. The first-order chi connectivity index (χ1) is 14.7. The monoisotopic (exact) mass is 425 g/mol. The Hall–Kier alpha value is -2.08. The lowest BCUT2D eigenvalue weighted by Gasteiger charge is -2.59. The second-order valence-corrected chi connectivity index (χ2v) is 9.23. The van der Waals surface area contributed by atoms with Crippen LogP contribution in [0.1, 0.15) is 37.2 Å². The maximum Gasteiger partial charge on any atom is 0.326 e. The van der Waals surface area contributed by atoms with Crippen molar-refractivity contribution in [1.82, 2.24) is 4.90 Å². The van der Waals surface area contributed by atoms with Gasteiger partial charge in [-0.3, -0.25) is 9.80 Å². The number of benzene rings is 2. The van der Waals surface area contributed by atoms with Gasteiger partial charge < -0.3 is 10.4 Å². The number of para-hydroxylation sites is 1. The van der Waals surface area contributed by atoms with Gasteiger partial charge in [0, 0.05) is 47.5 Å². The molecule has 2 aromatic carbocycles. The zero-order valence-electron chi connectivity index (χ0n) is 17.0.